The molecular formula is C18H16N2O2S. The molecule has 116 valence electrons. The molecule has 0 saturated carbocycles. The molecule has 1 aliphatic rings. The van der Waals surface area contributed by atoms with Gasteiger partial charge in [-0.2, -0.15) is 0 Å². The Morgan fingerprint density at radius 2 is 2.13 bits per heavy atom. The zero-order valence-corrected chi connectivity index (χ0v) is 13.8. The molecule has 0 aliphatic carbocycles. The van der Waals surface area contributed by atoms with Crippen LogP contribution in [0.3, 0.4) is 0 Å². The number of anilines is 1. The number of rotatable bonds is 2. The van der Waals surface area contributed by atoms with Crippen LogP contribution in [0.15, 0.2) is 30.3 Å². The number of amides is 1. The van der Waals surface area contributed by atoms with Gasteiger partial charge in [-0.15, -0.1) is 0 Å². The molecule has 4 nitrogen and oxygen atoms in total. The summed E-state index contributed by atoms with van der Waals surface area (Å²) < 4.78 is 6.57. The highest BCUT2D eigenvalue weighted by Crippen LogP contribution is 2.30. The van der Waals surface area contributed by atoms with Crippen molar-refractivity contribution in [3.8, 4) is 5.75 Å². The molecule has 0 fully saturated rings. The second kappa shape index (κ2) is 5.35. The summed E-state index contributed by atoms with van der Waals surface area (Å²) in [6.45, 7) is 4.80. The molecule has 3 aromatic rings. The van der Waals surface area contributed by atoms with Crippen LogP contribution in [0.4, 0.5) is 5.13 Å². The van der Waals surface area contributed by atoms with E-state index in [-0.39, 0.29) is 5.91 Å². The van der Waals surface area contributed by atoms with Crippen LogP contribution in [0.25, 0.3) is 10.2 Å². The van der Waals surface area contributed by atoms with E-state index < -0.39 is 0 Å². The lowest BCUT2D eigenvalue weighted by molar-refractivity contribution is 0.102. The van der Waals surface area contributed by atoms with Gasteiger partial charge in [0.05, 0.1) is 16.8 Å². The van der Waals surface area contributed by atoms with E-state index in [1.807, 2.05) is 19.1 Å². The van der Waals surface area contributed by atoms with Crippen molar-refractivity contribution in [3.63, 3.8) is 0 Å². The standard InChI is InChI=1S/C18H16N2O2S/c1-10-7-11(2)16-15(8-10)23-18(19-16)20-17(21)13-3-4-14-12(9-13)5-6-22-14/h3-4,7-9H,5-6H2,1-2H3,(H,19,20,21). The van der Waals surface area contributed by atoms with Crippen molar-refractivity contribution in [2.75, 3.05) is 11.9 Å². The molecule has 2 heterocycles. The lowest BCUT2D eigenvalue weighted by Gasteiger charge is -2.04. The van der Waals surface area contributed by atoms with Gasteiger partial charge in [0.2, 0.25) is 0 Å². The van der Waals surface area contributed by atoms with Gasteiger partial charge in [-0.1, -0.05) is 17.4 Å². The average molecular weight is 324 g/mol. The Labute approximate surface area is 138 Å². The van der Waals surface area contributed by atoms with Crippen LogP contribution in [0.2, 0.25) is 0 Å². The van der Waals surface area contributed by atoms with Gasteiger partial charge in [-0.05, 0) is 54.8 Å². The van der Waals surface area contributed by atoms with Crippen molar-refractivity contribution in [1.29, 1.82) is 0 Å². The maximum atomic E-state index is 12.5. The third-order valence-electron chi connectivity index (χ3n) is 4.00. The fraction of sp³-hybridized carbons (Fsp3) is 0.222. The summed E-state index contributed by atoms with van der Waals surface area (Å²) >= 11 is 1.51. The maximum absolute atomic E-state index is 12.5. The van der Waals surface area contributed by atoms with Gasteiger partial charge in [0.1, 0.15) is 5.75 Å². The summed E-state index contributed by atoms with van der Waals surface area (Å²) in [5, 5.41) is 3.55. The number of ether oxygens (including phenoxy) is 1. The van der Waals surface area contributed by atoms with Gasteiger partial charge in [0.25, 0.3) is 5.91 Å². The summed E-state index contributed by atoms with van der Waals surface area (Å²) in [7, 11) is 0. The predicted molar refractivity (Wildman–Crippen MR) is 92.7 cm³/mol. The van der Waals surface area contributed by atoms with E-state index in [0.29, 0.717) is 17.3 Å². The van der Waals surface area contributed by atoms with Crippen molar-refractivity contribution < 1.29 is 9.53 Å². The van der Waals surface area contributed by atoms with Gasteiger partial charge in [0, 0.05) is 12.0 Å². The monoisotopic (exact) mass is 324 g/mol. The number of fused-ring (bicyclic) bond motifs is 2. The number of aryl methyl sites for hydroxylation is 2. The molecule has 1 amide bonds. The highest BCUT2D eigenvalue weighted by molar-refractivity contribution is 7.22. The third-order valence-corrected chi connectivity index (χ3v) is 4.92. The van der Waals surface area contributed by atoms with E-state index in [9.17, 15) is 4.79 Å². The lowest BCUT2D eigenvalue weighted by Crippen LogP contribution is -2.11. The Morgan fingerprint density at radius 1 is 1.26 bits per heavy atom. The first-order valence-corrected chi connectivity index (χ1v) is 8.37. The Bertz CT molecular complexity index is 930. The minimum Gasteiger partial charge on any atom is -0.493 e. The number of hydrogen-bond acceptors (Lipinski definition) is 4. The largest absolute Gasteiger partial charge is 0.493 e. The van der Waals surface area contributed by atoms with Gasteiger partial charge >= 0.3 is 0 Å². The quantitative estimate of drug-likeness (QED) is 0.772. The number of carbonyl (C=O) groups is 1. The van der Waals surface area contributed by atoms with Gasteiger partial charge in [-0.25, -0.2) is 4.98 Å². The van der Waals surface area contributed by atoms with Crippen LogP contribution in [0.5, 0.6) is 5.75 Å². The minimum absolute atomic E-state index is 0.131. The van der Waals surface area contributed by atoms with E-state index in [0.717, 1.165) is 33.5 Å². The molecule has 0 saturated heterocycles. The second-order valence-electron chi connectivity index (χ2n) is 5.82. The molecular weight excluding hydrogens is 308 g/mol. The number of nitrogens with zero attached hydrogens (tertiary/aromatic N) is 1. The Balaban J connectivity index is 1.62. The lowest BCUT2D eigenvalue weighted by atomic mass is 10.1. The van der Waals surface area contributed by atoms with E-state index in [4.69, 9.17) is 4.74 Å². The number of benzene rings is 2. The Kier molecular flexibility index (Phi) is 3.31. The van der Waals surface area contributed by atoms with Crippen molar-refractivity contribution in [3.05, 3.63) is 52.6 Å². The first kappa shape index (κ1) is 14.2. The van der Waals surface area contributed by atoms with E-state index in [1.54, 1.807) is 6.07 Å². The van der Waals surface area contributed by atoms with Crippen LogP contribution in [0, 0.1) is 13.8 Å². The fourth-order valence-corrected chi connectivity index (χ4v) is 3.96. The predicted octanol–water partition coefficient (Wildman–Crippen LogP) is 4.10. The highest BCUT2D eigenvalue weighted by atomic mass is 32.1. The van der Waals surface area contributed by atoms with Crippen LogP contribution < -0.4 is 10.1 Å². The molecule has 0 atom stereocenters. The topological polar surface area (TPSA) is 51.2 Å². The molecule has 0 spiro atoms. The molecule has 1 aliphatic heterocycles. The van der Waals surface area contributed by atoms with Gasteiger partial charge < -0.3 is 4.74 Å². The summed E-state index contributed by atoms with van der Waals surface area (Å²) in [5.41, 5.74) is 5.02. The van der Waals surface area contributed by atoms with E-state index >= 15 is 0 Å². The SMILES string of the molecule is Cc1cc(C)c2nc(NC(=O)c3ccc4c(c3)CCO4)sc2c1. The van der Waals surface area contributed by atoms with Crippen molar-refractivity contribution >= 4 is 32.6 Å². The number of hydrogen-bond donors (Lipinski definition) is 1. The summed E-state index contributed by atoms with van der Waals surface area (Å²) in [6.07, 6.45) is 0.857. The molecule has 0 radical (unpaired) electrons. The highest BCUT2D eigenvalue weighted by Gasteiger charge is 2.16. The first-order valence-electron chi connectivity index (χ1n) is 7.55. The first-order chi connectivity index (χ1) is 11.1. The molecule has 2 aromatic carbocycles. The normalized spacial score (nSPS) is 13.0. The van der Waals surface area contributed by atoms with Crippen molar-refractivity contribution in [2.45, 2.75) is 20.3 Å². The molecule has 5 heteroatoms. The molecule has 1 aromatic heterocycles. The molecule has 0 bridgehead atoms. The van der Waals surface area contributed by atoms with Crippen LogP contribution in [0.1, 0.15) is 27.0 Å². The Morgan fingerprint density at radius 3 is 3.00 bits per heavy atom. The number of carbonyl (C=O) groups excluding carboxylic acids is 1. The zero-order valence-electron chi connectivity index (χ0n) is 13.0. The maximum Gasteiger partial charge on any atom is 0.257 e. The van der Waals surface area contributed by atoms with Crippen LogP contribution >= 0.6 is 11.3 Å². The average Bonchev–Trinajstić information content (AvgIpc) is 3.12. The summed E-state index contributed by atoms with van der Waals surface area (Å²) in [4.78, 5) is 17.0. The smallest absolute Gasteiger partial charge is 0.257 e. The summed E-state index contributed by atoms with van der Waals surface area (Å²) in [5.74, 6) is 0.751. The van der Waals surface area contributed by atoms with Crippen molar-refractivity contribution in [2.24, 2.45) is 0 Å². The molecule has 0 unspecified atom stereocenters. The zero-order chi connectivity index (χ0) is 16.0. The summed E-state index contributed by atoms with van der Waals surface area (Å²) in [6, 6.07) is 9.77. The molecule has 23 heavy (non-hydrogen) atoms. The Hall–Kier alpha value is -2.40. The minimum atomic E-state index is -0.131. The van der Waals surface area contributed by atoms with Crippen LogP contribution in [-0.4, -0.2) is 17.5 Å². The molecule has 4 rings (SSSR count). The number of aromatic nitrogens is 1. The fourth-order valence-electron chi connectivity index (χ4n) is 2.92. The second-order valence-corrected chi connectivity index (χ2v) is 6.85. The number of thiazole rings is 1. The molecule has 1 N–H and O–H groups in total. The number of nitrogens with one attached hydrogen (secondary N) is 1. The van der Waals surface area contributed by atoms with Gasteiger partial charge in [-0.3, -0.25) is 10.1 Å². The van der Waals surface area contributed by atoms with E-state index in [2.05, 4.69) is 29.4 Å². The van der Waals surface area contributed by atoms with E-state index in [1.165, 1.54) is 16.9 Å². The van der Waals surface area contributed by atoms with Gasteiger partial charge in [0.15, 0.2) is 5.13 Å². The third kappa shape index (κ3) is 2.57. The van der Waals surface area contributed by atoms with Crippen molar-refractivity contribution in [1.82, 2.24) is 4.98 Å². The van der Waals surface area contributed by atoms with Crippen LogP contribution in [-0.2, 0) is 6.42 Å².